The number of benzene rings is 1. The molecule has 1 aromatic heterocycles. The maximum absolute atomic E-state index is 11.8. The van der Waals surface area contributed by atoms with Crippen molar-refractivity contribution in [2.24, 2.45) is 0 Å². The third kappa shape index (κ3) is 2.86. The van der Waals surface area contributed by atoms with Gasteiger partial charge in [-0.15, -0.1) is 5.10 Å². The van der Waals surface area contributed by atoms with Gasteiger partial charge in [-0.1, -0.05) is 11.6 Å². The van der Waals surface area contributed by atoms with Gasteiger partial charge >= 0.3 is 0 Å². The normalized spacial score (nSPS) is 21.3. The topological polar surface area (TPSA) is 104 Å². The van der Waals surface area contributed by atoms with Crippen LogP contribution < -0.4 is 5.73 Å². The molecule has 0 amide bonds. The summed E-state index contributed by atoms with van der Waals surface area (Å²) in [6, 6.07) is 4.87. The van der Waals surface area contributed by atoms with Crippen LogP contribution in [0.3, 0.4) is 0 Å². The van der Waals surface area contributed by atoms with Gasteiger partial charge in [0.05, 0.1) is 28.3 Å². The molecule has 2 heterocycles. The third-order valence-corrected chi connectivity index (χ3v) is 5.68. The molecule has 0 aliphatic carbocycles. The van der Waals surface area contributed by atoms with Gasteiger partial charge in [0, 0.05) is 5.56 Å². The first-order chi connectivity index (χ1) is 9.96. The monoisotopic (exact) mass is 327 g/mol. The van der Waals surface area contributed by atoms with Crippen LogP contribution in [0, 0.1) is 0 Å². The van der Waals surface area contributed by atoms with E-state index in [9.17, 15) is 8.42 Å². The van der Waals surface area contributed by atoms with Crippen molar-refractivity contribution in [2.75, 3.05) is 17.2 Å². The molecule has 3 rings (SSSR count). The standard InChI is InChI=1S/C12H14ClN5O2S/c13-10-4-3-8(6-11(10)14)12-15-16-17-18(12)9-2-1-5-21(19,20)7-9/h3-4,6,9H,1-2,5,7,14H2. The van der Waals surface area contributed by atoms with E-state index in [1.165, 1.54) is 0 Å². The summed E-state index contributed by atoms with van der Waals surface area (Å²) in [7, 11) is -3.03. The number of halogens is 1. The Labute approximate surface area is 127 Å². The number of aromatic nitrogens is 4. The number of nitrogen functional groups attached to an aromatic ring is 1. The first-order valence-electron chi connectivity index (χ1n) is 6.50. The highest BCUT2D eigenvalue weighted by Gasteiger charge is 2.29. The minimum absolute atomic E-state index is 0.0636. The summed E-state index contributed by atoms with van der Waals surface area (Å²) in [5.41, 5.74) is 6.94. The van der Waals surface area contributed by atoms with E-state index >= 15 is 0 Å². The van der Waals surface area contributed by atoms with E-state index in [4.69, 9.17) is 17.3 Å². The molecule has 2 aromatic rings. The zero-order chi connectivity index (χ0) is 15.0. The number of nitrogens with two attached hydrogens (primary N) is 1. The summed E-state index contributed by atoms with van der Waals surface area (Å²) in [6.45, 7) is 0. The van der Waals surface area contributed by atoms with Crippen LogP contribution in [0.15, 0.2) is 18.2 Å². The smallest absolute Gasteiger partial charge is 0.182 e. The summed E-state index contributed by atoms with van der Waals surface area (Å²) >= 11 is 5.91. The van der Waals surface area contributed by atoms with Crippen molar-refractivity contribution in [1.82, 2.24) is 20.2 Å². The number of hydrogen-bond donors (Lipinski definition) is 1. The zero-order valence-electron chi connectivity index (χ0n) is 11.1. The van der Waals surface area contributed by atoms with E-state index in [1.54, 1.807) is 22.9 Å². The first kappa shape index (κ1) is 14.3. The highest BCUT2D eigenvalue weighted by atomic mass is 35.5. The molecule has 0 saturated carbocycles. The lowest BCUT2D eigenvalue weighted by molar-refractivity contribution is 0.429. The lowest BCUT2D eigenvalue weighted by Crippen LogP contribution is -2.28. The van der Waals surface area contributed by atoms with Gasteiger partial charge in [-0.05, 0) is 41.5 Å². The van der Waals surface area contributed by atoms with E-state index in [2.05, 4.69) is 15.5 Å². The zero-order valence-corrected chi connectivity index (χ0v) is 12.7. The van der Waals surface area contributed by atoms with Crippen molar-refractivity contribution in [3.05, 3.63) is 23.2 Å². The molecular formula is C12H14ClN5O2S. The van der Waals surface area contributed by atoms with E-state index in [-0.39, 0.29) is 17.5 Å². The molecule has 1 aliphatic heterocycles. The molecule has 112 valence electrons. The second kappa shape index (κ2) is 5.27. The Morgan fingerprint density at radius 2 is 2.19 bits per heavy atom. The molecule has 9 heteroatoms. The molecule has 0 spiro atoms. The average Bonchev–Trinajstić information content (AvgIpc) is 2.90. The molecule has 1 unspecified atom stereocenters. The summed E-state index contributed by atoms with van der Waals surface area (Å²) in [5.74, 6) is 0.795. The van der Waals surface area contributed by atoms with Gasteiger partial charge in [-0.3, -0.25) is 0 Å². The van der Waals surface area contributed by atoms with Crippen LogP contribution in [0.4, 0.5) is 5.69 Å². The van der Waals surface area contributed by atoms with Crippen molar-refractivity contribution in [3.63, 3.8) is 0 Å². The number of hydrogen-bond acceptors (Lipinski definition) is 6. The molecule has 7 nitrogen and oxygen atoms in total. The van der Waals surface area contributed by atoms with Gasteiger partial charge < -0.3 is 5.73 Å². The van der Waals surface area contributed by atoms with E-state index in [0.29, 0.717) is 28.5 Å². The number of tetrazole rings is 1. The predicted octanol–water partition coefficient (Wildman–Crippen LogP) is 1.33. The molecule has 1 saturated heterocycles. The Morgan fingerprint density at radius 1 is 1.38 bits per heavy atom. The second-order valence-electron chi connectivity index (χ2n) is 5.09. The Kier molecular flexibility index (Phi) is 3.58. The van der Waals surface area contributed by atoms with Crippen LogP contribution in [0.5, 0.6) is 0 Å². The number of sulfone groups is 1. The Balaban J connectivity index is 1.99. The number of nitrogens with zero attached hydrogens (tertiary/aromatic N) is 4. The molecule has 21 heavy (non-hydrogen) atoms. The summed E-state index contributed by atoms with van der Waals surface area (Å²) in [6.07, 6.45) is 1.36. The lowest BCUT2D eigenvalue weighted by atomic mass is 10.1. The second-order valence-corrected chi connectivity index (χ2v) is 7.73. The molecule has 0 bridgehead atoms. The first-order valence-corrected chi connectivity index (χ1v) is 8.70. The van der Waals surface area contributed by atoms with E-state index in [1.807, 2.05) is 0 Å². The quantitative estimate of drug-likeness (QED) is 0.834. The Bertz CT molecular complexity index is 774. The van der Waals surface area contributed by atoms with Crippen molar-refractivity contribution >= 4 is 27.1 Å². The van der Waals surface area contributed by atoms with Crippen LogP contribution in [-0.4, -0.2) is 40.1 Å². The third-order valence-electron chi connectivity index (χ3n) is 3.53. The average molecular weight is 328 g/mol. The molecule has 0 radical (unpaired) electrons. The molecule has 1 aromatic carbocycles. The maximum Gasteiger partial charge on any atom is 0.182 e. The number of rotatable bonds is 2. The fourth-order valence-corrected chi connectivity index (χ4v) is 4.29. The molecular weight excluding hydrogens is 314 g/mol. The minimum Gasteiger partial charge on any atom is -0.398 e. The lowest BCUT2D eigenvalue weighted by Gasteiger charge is -2.22. The van der Waals surface area contributed by atoms with Gasteiger partial charge in [0.1, 0.15) is 0 Å². The van der Waals surface area contributed by atoms with Gasteiger partial charge in [-0.25, -0.2) is 13.1 Å². The van der Waals surface area contributed by atoms with Crippen molar-refractivity contribution in [3.8, 4) is 11.4 Å². The van der Waals surface area contributed by atoms with Crippen molar-refractivity contribution in [1.29, 1.82) is 0 Å². The molecule has 1 aliphatic rings. The summed E-state index contributed by atoms with van der Waals surface area (Å²) in [5, 5.41) is 12.1. The van der Waals surface area contributed by atoms with Crippen LogP contribution in [0.2, 0.25) is 5.02 Å². The highest BCUT2D eigenvalue weighted by Crippen LogP contribution is 2.29. The predicted molar refractivity (Wildman–Crippen MR) is 79.6 cm³/mol. The Hall–Kier alpha value is -1.67. The van der Waals surface area contributed by atoms with Crippen LogP contribution in [0.25, 0.3) is 11.4 Å². The molecule has 1 atom stereocenters. The fraction of sp³-hybridized carbons (Fsp3) is 0.417. The summed E-state index contributed by atoms with van der Waals surface area (Å²) in [4.78, 5) is 0. The van der Waals surface area contributed by atoms with E-state index < -0.39 is 9.84 Å². The maximum atomic E-state index is 11.8. The number of anilines is 1. The van der Waals surface area contributed by atoms with Crippen molar-refractivity contribution in [2.45, 2.75) is 18.9 Å². The van der Waals surface area contributed by atoms with Crippen molar-refractivity contribution < 1.29 is 8.42 Å². The minimum atomic E-state index is -3.03. The van der Waals surface area contributed by atoms with Crippen LogP contribution >= 0.6 is 11.6 Å². The summed E-state index contributed by atoms with van der Waals surface area (Å²) < 4.78 is 25.1. The highest BCUT2D eigenvalue weighted by molar-refractivity contribution is 7.91. The molecule has 2 N–H and O–H groups in total. The Morgan fingerprint density at radius 3 is 2.90 bits per heavy atom. The molecule has 1 fully saturated rings. The van der Waals surface area contributed by atoms with E-state index in [0.717, 1.165) is 6.42 Å². The van der Waals surface area contributed by atoms with Crippen LogP contribution in [0.1, 0.15) is 18.9 Å². The largest absolute Gasteiger partial charge is 0.398 e. The van der Waals surface area contributed by atoms with Gasteiger partial charge in [0.2, 0.25) is 0 Å². The van der Waals surface area contributed by atoms with Crippen LogP contribution in [-0.2, 0) is 9.84 Å². The fourth-order valence-electron chi connectivity index (χ4n) is 2.50. The van der Waals surface area contributed by atoms with Gasteiger partial charge in [-0.2, -0.15) is 0 Å². The SMILES string of the molecule is Nc1cc(-c2nnnn2C2CCCS(=O)(=O)C2)ccc1Cl. The van der Waals surface area contributed by atoms with Gasteiger partial charge in [0.25, 0.3) is 0 Å². The van der Waals surface area contributed by atoms with Gasteiger partial charge in [0.15, 0.2) is 15.7 Å².